The van der Waals surface area contributed by atoms with Crippen LogP contribution < -0.4 is 5.32 Å². The van der Waals surface area contributed by atoms with Gasteiger partial charge in [-0.25, -0.2) is 0 Å². The summed E-state index contributed by atoms with van der Waals surface area (Å²) in [5.41, 5.74) is 0.348. The highest BCUT2D eigenvalue weighted by atomic mass is 16.5. The minimum atomic E-state index is 0.348. The Kier molecular flexibility index (Phi) is 8.03. The first-order valence-electron chi connectivity index (χ1n) is 8.07. The molecule has 1 heterocycles. The number of nitrogens with zero attached hydrogens (tertiary/aromatic N) is 1. The number of rotatable bonds is 9. The molecular formula is C16H34N2O2. The molecule has 1 aliphatic rings. The Labute approximate surface area is 125 Å². The molecule has 1 rings (SSSR count). The first-order chi connectivity index (χ1) is 9.53. The molecule has 0 radical (unpaired) electrons. The van der Waals surface area contributed by atoms with Gasteiger partial charge in [-0.15, -0.1) is 0 Å². The number of nitrogens with one attached hydrogen (secondary N) is 1. The minimum absolute atomic E-state index is 0.348. The van der Waals surface area contributed by atoms with E-state index in [-0.39, 0.29) is 0 Å². The third-order valence-electron chi connectivity index (χ3n) is 4.41. The minimum Gasteiger partial charge on any atom is -0.383 e. The lowest BCUT2D eigenvalue weighted by molar-refractivity contribution is -0.0170. The fraction of sp³-hybridized carbons (Fsp3) is 1.00. The van der Waals surface area contributed by atoms with E-state index < -0.39 is 0 Å². The van der Waals surface area contributed by atoms with Crippen LogP contribution in [0.4, 0.5) is 0 Å². The van der Waals surface area contributed by atoms with Crippen LogP contribution in [0, 0.1) is 5.41 Å². The zero-order chi connectivity index (χ0) is 15.0. The van der Waals surface area contributed by atoms with Crippen molar-refractivity contribution in [1.82, 2.24) is 10.2 Å². The van der Waals surface area contributed by atoms with E-state index in [2.05, 4.69) is 37.9 Å². The maximum Gasteiger partial charge on any atom is 0.0615 e. The predicted molar refractivity (Wildman–Crippen MR) is 84.2 cm³/mol. The summed E-state index contributed by atoms with van der Waals surface area (Å²) in [4.78, 5) is 2.55. The molecule has 4 heteroatoms. The number of ether oxygens (including phenoxy) is 2. The lowest BCUT2D eigenvalue weighted by Gasteiger charge is -2.43. The second-order valence-corrected chi connectivity index (χ2v) is 6.52. The Hall–Kier alpha value is -0.160. The lowest BCUT2D eigenvalue weighted by Crippen LogP contribution is -2.51. The highest BCUT2D eigenvalue weighted by Crippen LogP contribution is 2.31. The molecule has 4 nitrogen and oxygen atoms in total. The third-order valence-corrected chi connectivity index (χ3v) is 4.41. The quantitative estimate of drug-likeness (QED) is 0.704. The first-order valence-corrected chi connectivity index (χ1v) is 8.07. The van der Waals surface area contributed by atoms with E-state index in [1.54, 1.807) is 7.11 Å². The van der Waals surface area contributed by atoms with Gasteiger partial charge in [-0.1, -0.05) is 20.8 Å². The molecule has 0 aromatic rings. The predicted octanol–water partition coefficient (Wildman–Crippen LogP) is 2.14. The molecule has 0 amide bonds. The van der Waals surface area contributed by atoms with E-state index in [9.17, 15) is 0 Å². The molecule has 1 unspecified atom stereocenters. The van der Waals surface area contributed by atoms with Crippen molar-refractivity contribution in [3.05, 3.63) is 0 Å². The van der Waals surface area contributed by atoms with Crippen LogP contribution in [0.25, 0.3) is 0 Å². The molecule has 1 saturated heterocycles. The van der Waals surface area contributed by atoms with Gasteiger partial charge in [0.05, 0.1) is 6.61 Å². The van der Waals surface area contributed by atoms with Crippen molar-refractivity contribution in [2.45, 2.75) is 52.6 Å². The van der Waals surface area contributed by atoms with Crippen LogP contribution in [0.3, 0.4) is 0 Å². The van der Waals surface area contributed by atoms with Crippen LogP contribution in [-0.4, -0.2) is 63.5 Å². The fourth-order valence-electron chi connectivity index (χ4n) is 2.97. The summed E-state index contributed by atoms with van der Waals surface area (Å²) in [5, 5.41) is 3.64. The van der Waals surface area contributed by atoms with Crippen LogP contribution >= 0.6 is 0 Å². The Bertz CT molecular complexity index is 253. The number of hydrogen-bond donors (Lipinski definition) is 1. The maximum absolute atomic E-state index is 5.58. The van der Waals surface area contributed by atoms with Gasteiger partial charge in [-0.05, 0) is 31.7 Å². The Morgan fingerprint density at radius 3 is 2.40 bits per heavy atom. The van der Waals surface area contributed by atoms with E-state index >= 15 is 0 Å². The van der Waals surface area contributed by atoms with Gasteiger partial charge in [-0.2, -0.15) is 0 Å². The van der Waals surface area contributed by atoms with Crippen molar-refractivity contribution in [2.75, 3.05) is 46.6 Å². The third kappa shape index (κ3) is 5.68. The number of methoxy groups -OCH3 is 1. The topological polar surface area (TPSA) is 33.7 Å². The van der Waals surface area contributed by atoms with Crippen LogP contribution in [0.15, 0.2) is 0 Å². The molecule has 0 bridgehead atoms. The van der Waals surface area contributed by atoms with E-state index in [0.29, 0.717) is 17.5 Å². The van der Waals surface area contributed by atoms with E-state index in [1.807, 2.05) is 0 Å². The van der Waals surface area contributed by atoms with Crippen LogP contribution in [0.1, 0.15) is 40.5 Å². The van der Waals surface area contributed by atoms with Gasteiger partial charge in [-0.3, -0.25) is 4.90 Å². The van der Waals surface area contributed by atoms with E-state index in [1.165, 1.54) is 0 Å². The van der Waals surface area contributed by atoms with E-state index in [0.717, 1.165) is 52.3 Å². The molecular weight excluding hydrogens is 252 g/mol. The molecule has 1 aliphatic heterocycles. The molecule has 0 aromatic heterocycles. The monoisotopic (exact) mass is 286 g/mol. The van der Waals surface area contributed by atoms with Gasteiger partial charge in [0.25, 0.3) is 0 Å². The van der Waals surface area contributed by atoms with Crippen molar-refractivity contribution < 1.29 is 9.47 Å². The fourth-order valence-corrected chi connectivity index (χ4v) is 2.97. The zero-order valence-corrected chi connectivity index (χ0v) is 14.1. The maximum atomic E-state index is 5.58. The molecule has 0 spiro atoms. The standard InChI is InChI=1S/C16H34N2O2/c1-6-18(15(4)11-19-5)13-16(12-17-14(2)3)7-9-20-10-8-16/h14-15,17H,6-13H2,1-5H3. The lowest BCUT2D eigenvalue weighted by atomic mass is 9.79. The summed E-state index contributed by atoms with van der Waals surface area (Å²) in [6.07, 6.45) is 2.31. The molecule has 1 fully saturated rings. The summed E-state index contributed by atoms with van der Waals surface area (Å²) >= 11 is 0. The summed E-state index contributed by atoms with van der Waals surface area (Å²) < 4.78 is 10.9. The molecule has 1 atom stereocenters. The summed E-state index contributed by atoms with van der Waals surface area (Å²) in [7, 11) is 1.79. The number of hydrogen-bond acceptors (Lipinski definition) is 4. The molecule has 120 valence electrons. The van der Waals surface area contributed by atoms with Crippen LogP contribution in [-0.2, 0) is 9.47 Å². The van der Waals surface area contributed by atoms with Gasteiger partial charge < -0.3 is 14.8 Å². The summed E-state index contributed by atoms with van der Waals surface area (Å²) in [6.45, 7) is 14.8. The van der Waals surface area contributed by atoms with Crippen molar-refractivity contribution in [3.8, 4) is 0 Å². The summed E-state index contributed by atoms with van der Waals surface area (Å²) in [6, 6.07) is 1.02. The molecule has 0 aliphatic carbocycles. The van der Waals surface area contributed by atoms with Crippen molar-refractivity contribution in [3.63, 3.8) is 0 Å². The Morgan fingerprint density at radius 1 is 1.25 bits per heavy atom. The van der Waals surface area contributed by atoms with Gasteiger partial charge in [0.1, 0.15) is 0 Å². The Morgan fingerprint density at radius 2 is 1.90 bits per heavy atom. The molecule has 20 heavy (non-hydrogen) atoms. The molecule has 0 saturated carbocycles. The van der Waals surface area contributed by atoms with Gasteiger partial charge >= 0.3 is 0 Å². The highest BCUT2D eigenvalue weighted by molar-refractivity contribution is 4.88. The average Bonchev–Trinajstić information content (AvgIpc) is 2.44. The Balaban J connectivity index is 2.66. The van der Waals surface area contributed by atoms with Crippen molar-refractivity contribution >= 4 is 0 Å². The van der Waals surface area contributed by atoms with Gasteiger partial charge in [0.2, 0.25) is 0 Å². The van der Waals surface area contributed by atoms with Crippen molar-refractivity contribution in [2.24, 2.45) is 5.41 Å². The van der Waals surface area contributed by atoms with Crippen LogP contribution in [0.2, 0.25) is 0 Å². The second-order valence-electron chi connectivity index (χ2n) is 6.52. The molecule has 0 aromatic carbocycles. The van der Waals surface area contributed by atoms with Crippen LogP contribution in [0.5, 0.6) is 0 Å². The average molecular weight is 286 g/mol. The van der Waals surface area contributed by atoms with E-state index in [4.69, 9.17) is 9.47 Å². The normalized spacial score (nSPS) is 20.6. The zero-order valence-electron chi connectivity index (χ0n) is 14.1. The first kappa shape index (κ1) is 17.9. The van der Waals surface area contributed by atoms with Gasteiger partial charge in [0, 0.05) is 45.5 Å². The van der Waals surface area contributed by atoms with Gasteiger partial charge in [0.15, 0.2) is 0 Å². The molecule has 1 N–H and O–H groups in total. The largest absolute Gasteiger partial charge is 0.383 e. The summed E-state index contributed by atoms with van der Waals surface area (Å²) in [5.74, 6) is 0. The second kappa shape index (κ2) is 8.98. The van der Waals surface area contributed by atoms with Crippen molar-refractivity contribution in [1.29, 1.82) is 0 Å². The smallest absolute Gasteiger partial charge is 0.0615 e. The number of likely N-dealkylation sites (N-methyl/N-ethyl adjacent to an activating group) is 1. The SMILES string of the molecule is CCN(CC1(CNC(C)C)CCOCC1)C(C)COC. The highest BCUT2D eigenvalue weighted by Gasteiger charge is 2.35.